The van der Waals surface area contributed by atoms with Crippen LogP contribution in [0.4, 0.5) is 0 Å². The highest BCUT2D eigenvalue weighted by Gasteiger charge is 2.16. The molecule has 1 amide bonds. The van der Waals surface area contributed by atoms with E-state index >= 15 is 0 Å². The zero-order valence-corrected chi connectivity index (χ0v) is 16.8. The summed E-state index contributed by atoms with van der Waals surface area (Å²) in [5.74, 6) is -1.50. The number of rotatable bonds is 4. The molecule has 0 unspecified atom stereocenters. The molecular weight excluding hydrogens is 402 g/mol. The van der Waals surface area contributed by atoms with Crippen LogP contribution in [0.1, 0.15) is 20.7 Å². The predicted molar refractivity (Wildman–Crippen MR) is 123 cm³/mol. The molecule has 3 N–H and O–H groups in total. The largest absolute Gasteiger partial charge is 0.478 e. The lowest BCUT2D eigenvalue weighted by Gasteiger charge is -2.13. The Balaban J connectivity index is 1.81. The Morgan fingerprint density at radius 3 is 2.44 bits per heavy atom. The highest BCUT2D eigenvalue weighted by Crippen LogP contribution is 2.34. The number of benzene rings is 3. The molecule has 0 aliphatic heterocycles. The van der Waals surface area contributed by atoms with Gasteiger partial charge >= 0.3 is 5.97 Å². The molecule has 0 radical (unpaired) electrons. The topological polar surface area (TPSA) is 106 Å². The molecule has 0 spiro atoms. The van der Waals surface area contributed by atoms with Crippen LogP contribution in [0.5, 0.6) is 0 Å². The van der Waals surface area contributed by atoms with Gasteiger partial charge in [-0.05, 0) is 41.1 Å². The molecule has 0 aliphatic rings. The van der Waals surface area contributed by atoms with E-state index in [1.165, 1.54) is 0 Å². The van der Waals surface area contributed by atoms with E-state index in [4.69, 9.17) is 10.7 Å². The van der Waals surface area contributed by atoms with E-state index in [9.17, 15) is 14.7 Å². The van der Waals surface area contributed by atoms with Crippen LogP contribution in [-0.2, 0) is 0 Å². The second-order valence-electron chi connectivity index (χ2n) is 7.39. The Kier molecular flexibility index (Phi) is 4.60. The number of hydrogen-bond acceptors (Lipinski definition) is 4. The molecule has 3 aromatic carbocycles. The molecular formula is C26H17N3O3. The third-order valence-electron chi connectivity index (χ3n) is 5.44. The van der Waals surface area contributed by atoms with E-state index in [-0.39, 0.29) is 5.56 Å². The quantitative estimate of drug-likeness (QED) is 0.430. The van der Waals surface area contributed by atoms with Gasteiger partial charge in [-0.15, -0.1) is 0 Å². The number of aromatic carboxylic acids is 1. The van der Waals surface area contributed by atoms with E-state index in [1.54, 1.807) is 42.6 Å². The van der Waals surface area contributed by atoms with Crippen LogP contribution in [0.3, 0.4) is 0 Å². The fraction of sp³-hybridized carbons (Fsp3) is 0. The Bertz CT molecular complexity index is 1540. The van der Waals surface area contributed by atoms with Gasteiger partial charge in [0.25, 0.3) is 0 Å². The van der Waals surface area contributed by atoms with Gasteiger partial charge in [-0.25, -0.2) is 9.78 Å². The summed E-state index contributed by atoms with van der Waals surface area (Å²) in [6, 6.07) is 23.5. The molecule has 5 aromatic rings. The normalized spacial score (nSPS) is 11.0. The Morgan fingerprint density at radius 2 is 1.66 bits per heavy atom. The zero-order valence-electron chi connectivity index (χ0n) is 16.8. The number of amides is 1. The van der Waals surface area contributed by atoms with Crippen molar-refractivity contribution in [2.24, 2.45) is 5.73 Å². The smallest absolute Gasteiger partial charge is 0.336 e. The first-order valence-corrected chi connectivity index (χ1v) is 9.94. The summed E-state index contributed by atoms with van der Waals surface area (Å²) in [6.07, 6.45) is 1.70. The molecule has 0 atom stereocenters. The maximum atomic E-state index is 11.7. The molecule has 5 rings (SSSR count). The monoisotopic (exact) mass is 419 g/mol. The van der Waals surface area contributed by atoms with Gasteiger partial charge < -0.3 is 10.8 Å². The number of carbonyl (C=O) groups excluding carboxylic acids is 1. The second-order valence-corrected chi connectivity index (χ2v) is 7.39. The fourth-order valence-corrected chi connectivity index (χ4v) is 3.95. The summed E-state index contributed by atoms with van der Waals surface area (Å²) in [5.41, 5.74) is 9.62. The summed E-state index contributed by atoms with van der Waals surface area (Å²) in [4.78, 5) is 32.8. The summed E-state index contributed by atoms with van der Waals surface area (Å²) in [6.45, 7) is 0. The van der Waals surface area contributed by atoms with Gasteiger partial charge in [0.15, 0.2) is 0 Å². The number of primary amides is 1. The van der Waals surface area contributed by atoms with E-state index in [0.717, 1.165) is 21.9 Å². The van der Waals surface area contributed by atoms with Crippen molar-refractivity contribution in [1.29, 1.82) is 0 Å². The van der Waals surface area contributed by atoms with Crippen molar-refractivity contribution in [2.45, 2.75) is 0 Å². The van der Waals surface area contributed by atoms with Crippen molar-refractivity contribution < 1.29 is 14.7 Å². The third-order valence-corrected chi connectivity index (χ3v) is 5.44. The second kappa shape index (κ2) is 7.59. The molecule has 0 saturated carbocycles. The third kappa shape index (κ3) is 3.24. The van der Waals surface area contributed by atoms with Crippen LogP contribution in [0.25, 0.3) is 44.2 Å². The van der Waals surface area contributed by atoms with Crippen LogP contribution >= 0.6 is 0 Å². The minimum absolute atomic E-state index is 0.237. The van der Waals surface area contributed by atoms with Gasteiger partial charge in [0.2, 0.25) is 5.91 Å². The number of aromatic nitrogens is 2. The first-order chi connectivity index (χ1) is 15.5. The van der Waals surface area contributed by atoms with Crippen LogP contribution in [-0.4, -0.2) is 27.0 Å². The molecule has 0 fully saturated rings. The first kappa shape index (κ1) is 19.4. The molecule has 2 heterocycles. The van der Waals surface area contributed by atoms with Crippen molar-refractivity contribution in [2.75, 3.05) is 0 Å². The number of pyridine rings is 2. The highest BCUT2D eigenvalue weighted by molar-refractivity contribution is 6.09. The molecule has 0 bridgehead atoms. The number of nitrogens with zero attached hydrogens (tertiary/aromatic N) is 2. The van der Waals surface area contributed by atoms with E-state index < -0.39 is 11.9 Å². The minimum Gasteiger partial charge on any atom is -0.478 e. The lowest BCUT2D eigenvalue weighted by Crippen LogP contribution is -2.10. The number of nitrogens with two attached hydrogens (primary N) is 1. The number of hydrogen-bond donors (Lipinski definition) is 2. The van der Waals surface area contributed by atoms with Crippen LogP contribution in [0.15, 0.2) is 85.1 Å². The summed E-state index contributed by atoms with van der Waals surface area (Å²) < 4.78 is 0. The van der Waals surface area contributed by atoms with Crippen molar-refractivity contribution in [3.63, 3.8) is 0 Å². The number of fused-ring (bicyclic) bond motifs is 2. The Hall–Kier alpha value is -4.58. The molecule has 32 heavy (non-hydrogen) atoms. The highest BCUT2D eigenvalue weighted by atomic mass is 16.4. The minimum atomic E-state index is -0.979. The molecule has 6 heteroatoms. The molecule has 6 nitrogen and oxygen atoms in total. The van der Waals surface area contributed by atoms with Crippen molar-refractivity contribution in [3.05, 3.63) is 96.2 Å². The molecule has 2 aromatic heterocycles. The average Bonchev–Trinajstić information content (AvgIpc) is 2.82. The number of carboxylic acids is 1. The van der Waals surface area contributed by atoms with Crippen molar-refractivity contribution in [3.8, 4) is 22.5 Å². The summed E-state index contributed by atoms with van der Waals surface area (Å²) >= 11 is 0. The average molecular weight is 419 g/mol. The van der Waals surface area contributed by atoms with Gasteiger partial charge in [0.05, 0.1) is 22.5 Å². The van der Waals surface area contributed by atoms with Gasteiger partial charge in [-0.3, -0.25) is 9.78 Å². The standard InChI is InChI=1S/C26H17N3O3/c27-25(30)17-6-3-5-15(13-17)24-23-16(7-4-12-28-23)14-22(29-24)20-10-11-21(26(31)32)19-9-2-1-8-18(19)20/h1-14H,(H2,27,30)(H,31,32). The van der Waals surface area contributed by atoms with Gasteiger partial charge in [-0.2, -0.15) is 0 Å². The predicted octanol–water partition coefficient (Wildman–Crippen LogP) is 4.91. The molecule has 0 saturated heterocycles. The maximum absolute atomic E-state index is 11.7. The van der Waals surface area contributed by atoms with E-state index in [0.29, 0.717) is 27.9 Å². The summed E-state index contributed by atoms with van der Waals surface area (Å²) in [5, 5.41) is 11.9. The fourth-order valence-electron chi connectivity index (χ4n) is 3.95. The van der Waals surface area contributed by atoms with Crippen molar-refractivity contribution >= 4 is 33.6 Å². The van der Waals surface area contributed by atoms with Gasteiger partial charge in [-0.1, -0.05) is 48.5 Å². The Morgan fingerprint density at radius 1 is 0.844 bits per heavy atom. The lowest BCUT2D eigenvalue weighted by molar-refractivity contribution is 0.0698. The lowest BCUT2D eigenvalue weighted by atomic mass is 9.96. The Labute approximate surface area is 183 Å². The van der Waals surface area contributed by atoms with Gasteiger partial charge in [0.1, 0.15) is 0 Å². The van der Waals surface area contributed by atoms with Crippen LogP contribution in [0.2, 0.25) is 0 Å². The maximum Gasteiger partial charge on any atom is 0.336 e. The van der Waals surface area contributed by atoms with Gasteiger partial charge in [0, 0.05) is 28.3 Å². The number of carbonyl (C=O) groups is 2. The molecule has 154 valence electrons. The SMILES string of the molecule is NC(=O)c1cccc(-c2nc(-c3ccc(C(=O)O)c4ccccc34)cc3cccnc23)c1. The van der Waals surface area contributed by atoms with Crippen LogP contribution in [0, 0.1) is 0 Å². The first-order valence-electron chi connectivity index (χ1n) is 9.94. The number of carboxylic acid groups (broad SMARTS) is 1. The van der Waals surface area contributed by atoms with Crippen molar-refractivity contribution in [1.82, 2.24) is 9.97 Å². The zero-order chi connectivity index (χ0) is 22.2. The van der Waals surface area contributed by atoms with E-state index in [2.05, 4.69) is 4.98 Å². The van der Waals surface area contributed by atoms with E-state index in [1.807, 2.05) is 42.5 Å². The summed E-state index contributed by atoms with van der Waals surface area (Å²) in [7, 11) is 0. The molecule has 0 aliphatic carbocycles. The van der Waals surface area contributed by atoms with Crippen LogP contribution < -0.4 is 5.73 Å².